The third kappa shape index (κ3) is 2.70. The van der Waals surface area contributed by atoms with E-state index in [0.717, 1.165) is 30.4 Å². The van der Waals surface area contributed by atoms with Crippen LogP contribution in [0.4, 0.5) is 0 Å². The van der Waals surface area contributed by atoms with Gasteiger partial charge in [0.05, 0.1) is 0 Å². The molecule has 0 aliphatic rings. The average Bonchev–Trinajstić information content (AvgIpc) is 2.29. The summed E-state index contributed by atoms with van der Waals surface area (Å²) in [4.78, 5) is 4.00. The number of nitrogens with two attached hydrogens (primary N) is 1. The second-order valence-corrected chi connectivity index (χ2v) is 3.45. The molecule has 0 aromatic heterocycles. The van der Waals surface area contributed by atoms with Crippen LogP contribution >= 0.6 is 0 Å². The summed E-state index contributed by atoms with van der Waals surface area (Å²) in [5.74, 6) is 0.282. The van der Waals surface area contributed by atoms with Gasteiger partial charge in [-0.05, 0) is 48.6 Å². The topological polar surface area (TPSA) is 55.1 Å². The predicted molar refractivity (Wildman–Crippen MR) is 58.1 cm³/mol. The first kappa shape index (κ1) is 12.0. The molecule has 1 rings (SSSR count). The number of benzene rings is 1. The summed E-state index contributed by atoms with van der Waals surface area (Å²) in [6, 6.07) is 4.74. The maximum absolute atomic E-state index is 10.4. The van der Waals surface area contributed by atoms with Crippen molar-refractivity contribution in [3.05, 3.63) is 28.8 Å². The lowest BCUT2D eigenvalue weighted by Gasteiger charge is -2.12. The van der Waals surface area contributed by atoms with E-state index in [0.29, 0.717) is 6.54 Å². The fraction of sp³-hybridized carbons (Fsp3) is 0.500. The molecule has 0 heterocycles. The van der Waals surface area contributed by atoms with Gasteiger partial charge in [-0.1, -0.05) is 13.8 Å². The Hall–Kier alpha value is -1.06. The molecule has 3 heteroatoms. The zero-order chi connectivity index (χ0) is 11.3. The molecule has 82 valence electrons. The molecule has 0 bridgehead atoms. The van der Waals surface area contributed by atoms with Gasteiger partial charge in [0.15, 0.2) is 5.75 Å². The lowest BCUT2D eigenvalue weighted by Crippen LogP contribution is -2.08. The van der Waals surface area contributed by atoms with E-state index in [4.69, 9.17) is 5.73 Å². The van der Waals surface area contributed by atoms with Crippen LogP contribution in [-0.4, -0.2) is 6.54 Å². The molecular formula is C12H17NO2. The van der Waals surface area contributed by atoms with Gasteiger partial charge >= 0.3 is 0 Å². The Balaban J connectivity index is 3.19. The third-order valence-corrected chi connectivity index (χ3v) is 2.55. The van der Waals surface area contributed by atoms with Gasteiger partial charge < -0.3 is 10.6 Å². The minimum atomic E-state index is 0.282. The highest BCUT2D eigenvalue weighted by atomic mass is 17.1. The van der Waals surface area contributed by atoms with Crippen molar-refractivity contribution in [1.29, 1.82) is 0 Å². The van der Waals surface area contributed by atoms with E-state index in [1.165, 1.54) is 5.56 Å². The Bertz CT molecular complexity index is 298. The molecule has 0 saturated carbocycles. The minimum absolute atomic E-state index is 0.282. The summed E-state index contributed by atoms with van der Waals surface area (Å²) in [6.07, 6.45) is 2.56. The predicted octanol–water partition coefficient (Wildman–Crippen LogP) is 1.84. The molecular weight excluding hydrogens is 190 g/mol. The van der Waals surface area contributed by atoms with Gasteiger partial charge in [-0.2, -0.15) is 0 Å². The summed E-state index contributed by atoms with van der Waals surface area (Å²) in [5.41, 5.74) is 8.98. The van der Waals surface area contributed by atoms with Gasteiger partial charge in [0.2, 0.25) is 0 Å². The number of hydrogen-bond donors (Lipinski definition) is 1. The van der Waals surface area contributed by atoms with Crippen LogP contribution < -0.4 is 10.6 Å². The Morgan fingerprint density at radius 2 is 2.13 bits per heavy atom. The minimum Gasteiger partial charge on any atom is -0.330 e. The molecule has 0 atom stereocenters. The molecule has 15 heavy (non-hydrogen) atoms. The first-order valence-corrected chi connectivity index (χ1v) is 5.33. The molecule has 2 radical (unpaired) electrons. The molecule has 0 amide bonds. The normalized spacial score (nSPS) is 10.4. The highest BCUT2D eigenvalue weighted by Gasteiger charge is 2.09. The standard InChI is InChI=1S/C12H17NO2/c1-3-9-7-11(15-14)8-10(4-2)12(9)5-6-13/h7H,3-6,13H2,1-2H3. The van der Waals surface area contributed by atoms with Crippen LogP contribution in [-0.2, 0) is 24.5 Å². The smallest absolute Gasteiger partial charge is 0.177 e. The van der Waals surface area contributed by atoms with E-state index in [-0.39, 0.29) is 5.75 Å². The Morgan fingerprint density at radius 3 is 2.60 bits per heavy atom. The highest BCUT2D eigenvalue weighted by Crippen LogP contribution is 2.23. The highest BCUT2D eigenvalue weighted by molar-refractivity contribution is 5.41. The Kier molecular flexibility index (Phi) is 4.59. The van der Waals surface area contributed by atoms with Crippen molar-refractivity contribution in [3.63, 3.8) is 0 Å². The van der Waals surface area contributed by atoms with Crippen LogP contribution in [0.15, 0.2) is 6.07 Å². The van der Waals surface area contributed by atoms with Gasteiger partial charge in [0.1, 0.15) is 0 Å². The Morgan fingerprint density at radius 1 is 1.40 bits per heavy atom. The largest absolute Gasteiger partial charge is 0.330 e. The van der Waals surface area contributed by atoms with E-state index < -0.39 is 0 Å². The van der Waals surface area contributed by atoms with Crippen LogP contribution in [0.2, 0.25) is 0 Å². The zero-order valence-corrected chi connectivity index (χ0v) is 9.30. The molecule has 1 aromatic rings. The molecule has 3 nitrogen and oxygen atoms in total. The maximum atomic E-state index is 10.4. The summed E-state index contributed by atoms with van der Waals surface area (Å²) in [5, 5.41) is 10.4. The van der Waals surface area contributed by atoms with Gasteiger partial charge in [-0.15, -0.1) is 0 Å². The van der Waals surface area contributed by atoms with Crippen molar-refractivity contribution in [2.75, 3.05) is 6.54 Å². The van der Waals surface area contributed by atoms with Crippen LogP contribution in [0.3, 0.4) is 0 Å². The molecule has 0 unspecified atom stereocenters. The first-order chi connectivity index (χ1) is 7.26. The lowest BCUT2D eigenvalue weighted by atomic mass is 9.95. The monoisotopic (exact) mass is 207 g/mol. The maximum Gasteiger partial charge on any atom is 0.177 e. The van der Waals surface area contributed by atoms with Crippen LogP contribution in [0.25, 0.3) is 0 Å². The van der Waals surface area contributed by atoms with Crippen molar-refractivity contribution < 1.29 is 10.1 Å². The fourth-order valence-electron chi connectivity index (χ4n) is 1.82. The van der Waals surface area contributed by atoms with Gasteiger partial charge in [0, 0.05) is 11.3 Å². The zero-order valence-electron chi connectivity index (χ0n) is 9.30. The van der Waals surface area contributed by atoms with Crippen LogP contribution in [0.5, 0.6) is 5.75 Å². The van der Waals surface area contributed by atoms with Crippen molar-refractivity contribution in [2.45, 2.75) is 33.1 Å². The van der Waals surface area contributed by atoms with E-state index in [1.54, 1.807) is 6.07 Å². The van der Waals surface area contributed by atoms with Crippen molar-refractivity contribution in [2.24, 2.45) is 5.73 Å². The van der Waals surface area contributed by atoms with E-state index in [1.807, 2.05) is 6.92 Å². The van der Waals surface area contributed by atoms with Crippen molar-refractivity contribution in [3.8, 4) is 5.75 Å². The summed E-state index contributed by atoms with van der Waals surface area (Å²) in [6.45, 7) is 4.72. The van der Waals surface area contributed by atoms with Gasteiger partial charge in [0.25, 0.3) is 0 Å². The van der Waals surface area contributed by atoms with Crippen LogP contribution in [0.1, 0.15) is 30.5 Å². The second-order valence-electron chi connectivity index (χ2n) is 3.45. The molecule has 1 aromatic carbocycles. The van der Waals surface area contributed by atoms with Crippen LogP contribution in [0, 0.1) is 6.07 Å². The number of hydrogen-bond acceptors (Lipinski definition) is 2. The van der Waals surface area contributed by atoms with E-state index >= 15 is 0 Å². The average molecular weight is 207 g/mol. The molecule has 0 fully saturated rings. The molecule has 0 saturated heterocycles. The van der Waals surface area contributed by atoms with Crippen molar-refractivity contribution in [1.82, 2.24) is 0 Å². The fourth-order valence-corrected chi connectivity index (χ4v) is 1.82. The number of aryl methyl sites for hydroxylation is 2. The molecule has 0 spiro atoms. The quantitative estimate of drug-likeness (QED) is 0.591. The summed E-state index contributed by atoms with van der Waals surface area (Å²) >= 11 is 0. The summed E-state index contributed by atoms with van der Waals surface area (Å²) in [7, 11) is 0. The molecule has 0 aliphatic heterocycles. The third-order valence-electron chi connectivity index (χ3n) is 2.55. The lowest BCUT2D eigenvalue weighted by molar-refractivity contribution is -0.208. The summed E-state index contributed by atoms with van der Waals surface area (Å²) < 4.78 is 0. The SMILES string of the molecule is CCc1[c]c(O[O])cc(CC)c1CCN. The number of rotatable bonds is 5. The van der Waals surface area contributed by atoms with E-state index in [9.17, 15) is 5.26 Å². The molecule has 0 aliphatic carbocycles. The van der Waals surface area contributed by atoms with E-state index in [2.05, 4.69) is 17.9 Å². The molecule has 2 N–H and O–H groups in total. The van der Waals surface area contributed by atoms with Gasteiger partial charge in [-0.3, -0.25) is 0 Å². The first-order valence-electron chi connectivity index (χ1n) is 5.33. The Labute approximate surface area is 90.8 Å². The van der Waals surface area contributed by atoms with Gasteiger partial charge in [-0.25, -0.2) is 0 Å². The van der Waals surface area contributed by atoms with Crippen molar-refractivity contribution >= 4 is 0 Å². The second kappa shape index (κ2) is 5.73.